The predicted molar refractivity (Wildman–Crippen MR) is 106 cm³/mol. The Hall–Kier alpha value is -2.97. The molecule has 0 radical (unpaired) electrons. The molecular weight excluding hydrogens is 447 g/mol. The van der Waals surface area contributed by atoms with Crippen LogP contribution in [0.5, 0.6) is 5.75 Å². The van der Waals surface area contributed by atoms with E-state index in [0.29, 0.717) is 21.0 Å². The maximum Gasteiger partial charge on any atom is 0.573 e. The van der Waals surface area contributed by atoms with E-state index in [1.807, 2.05) is 0 Å². The maximum absolute atomic E-state index is 12.7. The molecule has 3 aromatic rings. The van der Waals surface area contributed by atoms with Crippen LogP contribution in [0.2, 0.25) is 0 Å². The van der Waals surface area contributed by atoms with Gasteiger partial charge >= 0.3 is 12.4 Å². The highest BCUT2D eigenvalue weighted by Gasteiger charge is 2.34. The van der Waals surface area contributed by atoms with E-state index < -0.39 is 38.7 Å². The lowest BCUT2D eigenvalue weighted by Crippen LogP contribution is -2.29. The van der Waals surface area contributed by atoms with Gasteiger partial charge in [0.15, 0.2) is 5.75 Å². The number of hydrogen-bond donors (Lipinski definition) is 3. The molecule has 0 spiro atoms. The number of halogens is 3. The number of aryl methyl sites for hydroxylation is 1. The Morgan fingerprint density at radius 1 is 1.30 bits per heavy atom. The SMILES string of the molecule is Cn1cnc2cccc(NC(=O)N(S)c3cc(S(N)(=O)=O)ccc3OC(F)(F)F)c21. The monoisotopic (exact) mass is 461 g/mol. The summed E-state index contributed by atoms with van der Waals surface area (Å²) in [6, 6.07) is 6.18. The number of hydrogen-bond acceptors (Lipinski definition) is 6. The molecule has 2 amide bonds. The standard InChI is InChI=1S/C16H14F3N5O4S2/c1-23-8-21-10-3-2-4-11(14(10)23)22-15(25)24(29)12-7-9(30(20,26)27)5-6-13(12)28-16(17,18)19/h2-8,29H,1H3,(H,22,25)(H2,20,26,27). The van der Waals surface area contributed by atoms with Crippen LogP contribution in [0.1, 0.15) is 0 Å². The van der Waals surface area contributed by atoms with E-state index in [4.69, 9.17) is 5.14 Å². The summed E-state index contributed by atoms with van der Waals surface area (Å²) in [6.07, 6.45) is -3.58. The van der Waals surface area contributed by atoms with E-state index in [0.717, 1.165) is 18.2 Å². The number of para-hydroxylation sites is 1. The van der Waals surface area contributed by atoms with Crippen LogP contribution < -0.4 is 19.5 Å². The molecule has 0 aliphatic heterocycles. The van der Waals surface area contributed by atoms with Crippen LogP contribution >= 0.6 is 12.8 Å². The van der Waals surface area contributed by atoms with Gasteiger partial charge in [-0.1, -0.05) is 18.9 Å². The summed E-state index contributed by atoms with van der Waals surface area (Å²) in [7, 11) is -2.58. The van der Waals surface area contributed by atoms with Crippen molar-refractivity contribution in [2.24, 2.45) is 12.2 Å². The van der Waals surface area contributed by atoms with Crippen LogP contribution in [0.25, 0.3) is 11.0 Å². The van der Waals surface area contributed by atoms with Crippen molar-refractivity contribution < 1.29 is 31.1 Å². The molecule has 2 aromatic carbocycles. The molecule has 3 rings (SSSR count). The molecule has 0 atom stereocenters. The number of primary sulfonamides is 1. The first-order valence-corrected chi connectivity index (χ1v) is 9.94. The second-order valence-electron chi connectivity index (χ2n) is 5.99. The number of nitrogens with zero attached hydrogens (tertiary/aromatic N) is 3. The number of fused-ring (bicyclic) bond motifs is 1. The Labute approximate surface area is 173 Å². The summed E-state index contributed by atoms with van der Waals surface area (Å²) in [5.41, 5.74) is 0.838. The number of sulfonamides is 1. The van der Waals surface area contributed by atoms with Gasteiger partial charge in [0.2, 0.25) is 10.0 Å². The molecule has 0 aliphatic carbocycles. The van der Waals surface area contributed by atoms with Gasteiger partial charge in [0.1, 0.15) is 5.69 Å². The molecule has 9 nitrogen and oxygen atoms in total. The van der Waals surface area contributed by atoms with E-state index in [1.54, 1.807) is 29.8 Å². The number of nitrogens with two attached hydrogens (primary N) is 1. The van der Waals surface area contributed by atoms with E-state index in [-0.39, 0.29) is 0 Å². The average Bonchev–Trinajstić information content (AvgIpc) is 3.01. The lowest BCUT2D eigenvalue weighted by molar-refractivity contribution is -0.274. The van der Waals surface area contributed by atoms with Crippen molar-refractivity contribution in [1.29, 1.82) is 0 Å². The largest absolute Gasteiger partial charge is 0.573 e. The number of thiol groups is 1. The van der Waals surface area contributed by atoms with Crippen molar-refractivity contribution in [3.05, 3.63) is 42.7 Å². The Balaban J connectivity index is 2.00. The van der Waals surface area contributed by atoms with E-state index in [2.05, 4.69) is 27.9 Å². The number of benzene rings is 2. The predicted octanol–water partition coefficient (Wildman–Crippen LogP) is 3.00. The molecule has 1 heterocycles. The third-order valence-corrected chi connectivity index (χ3v) is 5.19. The molecule has 0 saturated heterocycles. The highest BCUT2D eigenvalue weighted by Crippen LogP contribution is 2.36. The first kappa shape index (κ1) is 21.7. The smallest absolute Gasteiger partial charge is 0.404 e. The first-order valence-electron chi connectivity index (χ1n) is 7.99. The van der Waals surface area contributed by atoms with E-state index in [1.165, 1.54) is 6.33 Å². The Morgan fingerprint density at radius 2 is 2.00 bits per heavy atom. The minimum atomic E-state index is -5.09. The average molecular weight is 461 g/mol. The van der Waals surface area contributed by atoms with Gasteiger partial charge in [-0.2, -0.15) is 0 Å². The highest BCUT2D eigenvalue weighted by atomic mass is 32.2. The molecular formula is C16H14F3N5O4S2. The Morgan fingerprint density at radius 3 is 2.63 bits per heavy atom. The third-order valence-electron chi connectivity index (χ3n) is 3.88. The minimum Gasteiger partial charge on any atom is -0.404 e. The molecule has 3 N–H and O–H groups in total. The van der Waals surface area contributed by atoms with Gasteiger partial charge in [-0.15, -0.1) is 13.2 Å². The number of anilines is 2. The molecule has 160 valence electrons. The quantitative estimate of drug-likeness (QED) is 0.516. The number of carbonyl (C=O) groups is 1. The summed E-state index contributed by atoms with van der Waals surface area (Å²) in [5.74, 6) is -0.848. The molecule has 14 heteroatoms. The minimum absolute atomic E-state index is 0.303. The molecule has 0 unspecified atom stereocenters. The number of carbonyl (C=O) groups excluding carboxylic acids is 1. The molecule has 30 heavy (non-hydrogen) atoms. The summed E-state index contributed by atoms with van der Waals surface area (Å²) in [5, 5.41) is 7.52. The zero-order valence-corrected chi connectivity index (χ0v) is 16.8. The Kier molecular flexibility index (Phi) is 5.58. The number of alkyl halides is 3. The van der Waals surface area contributed by atoms with Crippen molar-refractivity contribution in [2.45, 2.75) is 11.3 Å². The number of amides is 2. The van der Waals surface area contributed by atoms with Crippen LogP contribution in [0.15, 0.2) is 47.6 Å². The highest BCUT2D eigenvalue weighted by molar-refractivity contribution is 7.89. The Bertz CT molecular complexity index is 1230. The summed E-state index contributed by atoms with van der Waals surface area (Å²) in [4.78, 5) is 16.3. The maximum atomic E-state index is 12.7. The summed E-state index contributed by atoms with van der Waals surface area (Å²) < 4.78 is 67.3. The summed E-state index contributed by atoms with van der Waals surface area (Å²) >= 11 is 3.93. The molecule has 0 bridgehead atoms. The molecule has 1 aromatic heterocycles. The van der Waals surface area contributed by atoms with Crippen molar-refractivity contribution in [3.8, 4) is 5.75 Å². The number of nitrogens with one attached hydrogen (secondary N) is 1. The van der Waals surface area contributed by atoms with Crippen LogP contribution in [-0.4, -0.2) is 30.4 Å². The van der Waals surface area contributed by atoms with Gasteiger partial charge < -0.3 is 14.6 Å². The fourth-order valence-corrected chi connectivity index (χ4v) is 3.38. The first-order chi connectivity index (χ1) is 13.9. The topological polar surface area (TPSA) is 120 Å². The van der Waals surface area contributed by atoms with Crippen molar-refractivity contribution >= 4 is 51.3 Å². The van der Waals surface area contributed by atoms with Crippen LogP contribution in [0.4, 0.5) is 29.3 Å². The second-order valence-corrected chi connectivity index (χ2v) is 7.95. The number of ether oxygens (including phenoxy) is 1. The van der Waals surface area contributed by atoms with Crippen LogP contribution in [0.3, 0.4) is 0 Å². The lowest BCUT2D eigenvalue weighted by Gasteiger charge is -2.21. The molecule has 0 fully saturated rings. The van der Waals surface area contributed by atoms with Gasteiger partial charge in [0.25, 0.3) is 0 Å². The number of urea groups is 1. The van der Waals surface area contributed by atoms with Gasteiger partial charge in [-0.3, -0.25) is 0 Å². The van der Waals surface area contributed by atoms with Crippen LogP contribution in [-0.2, 0) is 17.1 Å². The van der Waals surface area contributed by atoms with Gasteiger partial charge in [-0.05, 0) is 30.3 Å². The lowest BCUT2D eigenvalue weighted by atomic mass is 10.2. The zero-order valence-electron chi connectivity index (χ0n) is 15.1. The number of rotatable bonds is 4. The third kappa shape index (κ3) is 4.60. The van der Waals surface area contributed by atoms with Crippen molar-refractivity contribution in [1.82, 2.24) is 9.55 Å². The van der Waals surface area contributed by atoms with Crippen molar-refractivity contribution in [3.63, 3.8) is 0 Å². The fourth-order valence-electron chi connectivity index (χ4n) is 2.64. The number of imidazole rings is 1. The normalized spacial score (nSPS) is 12.1. The zero-order chi connectivity index (χ0) is 22.3. The fraction of sp³-hybridized carbons (Fsp3) is 0.125. The van der Waals surface area contributed by atoms with E-state index >= 15 is 0 Å². The van der Waals surface area contributed by atoms with Gasteiger partial charge in [0, 0.05) is 7.05 Å². The summed E-state index contributed by atoms with van der Waals surface area (Å²) in [6.45, 7) is 0. The molecule has 0 aliphatic rings. The van der Waals surface area contributed by atoms with Gasteiger partial charge in [0.05, 0.1) is 27.9 Å². The van der Waals surface area contributed by atoms with E-state index in [9.17, 15) is 26.4 Å². The van der Waals surface area contributed by atoms with Crippen LogP contribution in [0, 0.1) is 0 Å². The second kappa shape index (κ2) is 7.70. The van der Waals surface area contributed by atoms with Gasteiger partial charge in [-0.25, -0.2) is 27.6 Å². The molecule has 0 saturated carbocycles. The van der Waals surface area contributed by atoms with Crippen molar-refractivity contribution in [2.75, 3.05) is 9.62 Å². The number of aromatic nitrogens is 2.